The molecule has 4 heteroatoms. The molecule has 0 N–H and O–H groups in total. The summed E-state index contributed by atoms with van der Waals surface area (Å²) in [5.41, 5.74) is 0. The molecule has 20 heavy (non-hydrogen) atoms. The van der Waals surface area contributed by atoms with Gasteiger partial charge in [-0.1, -0.05) is 33.6 Å². The fraction of sp³-hybridized carbons (Fsp3) is 0.938. The Bertz CT molecular complexity index is 307. The first-order valence-electron chi connectivity index (χ1n) is 8.02. The van der Waals surface area contributed by atoms with Crippen LogP contribution in [0, 0.1) is 5.92 Å². The third-order valence-electron chi connectivity index (χ3n) is 4.82. The van der Waals surface area contributed by atoms with Crippen molar-refractivity contribution in [3.63, 3.8) is 0 Å². The molecule has 1 rings (SSSR count). The van der Waals surface area contributed by atoms with Crippen molar-refractivity contribution in [3.8, 4) is 0 Å². The Morgan fingerprint density at radius 3 is 2.60 bits per heavy atom. The van der Waals surface area contributed by atoms with Gasteiger partial charge >= 0.3 is 5.97 Å². The predicted octanol–water partition coefficient (Wildman–Crippen LogP) is 4.52. The van der Waals surface area contributed by atoms with Crippen LogP contribution in [0.1, 0.15) is 59.3 Å². The second-order valence-electron chi connectivity index (χ2n) is 7.52. The van der Waals surface area contributed by atoms with Crippen LogP contribution in [0.4, 0.5) is 0 Å². The second-order valence-corrected chi connectivity index (χ2v) is 12.3. The quantitative estimate of drug-likeness (QED) is 0.411. The molecule has 1 atom stereocenters. The number of hydrogen-bond acceptors (Lipinski definition) is 3. The molecule has 3 nitrogen and oxygen atoms in total. The van der Waals surface area contributed by atoms with Crippen molar-refractivity contribution in [3.05, 3.63) is 0 Å². The van der Waals surface area contributed by atoms with Crippen molar-refractivity contribution >= 4 is 14.3 Å². The third-order valence-corrected chi connectivity index (χ3v) is 9.36. The van der Waals surface area contributed by atoms with E-state index in [0.29, 0.717) is 24.0 Å². The molecule has 0 aliphatic carbocycles. The molecule has 0 aromatic carbocycles. The molecule has 0 bridgehead atoms. The van der Waals surface area contributed by atoms with Crippen LogP contribution in [0.15, 0.2) is 0 Å². The van der Waals surface area contributed by atoms with Gasteiger partial charge in [0.25, 0.3) is 0 Å². The van der Waals surface area contributed by atoms with E-state index in [2.05, 4.69) is 33.9 Å². The first-order valence-corrected chi connectivity index (χ1v) is 10.9. The normalized spacial score (nSPS) is 21.4. The summed E-state index contributed by atoms with van der Waals surface area (Å²) in [6.45, 7) is 13.0. The first-order chi connectivity index (χ1) is 9.22. The molecule has 0 radical (unpaired) electrons. The summed E-state index contributed by atoms with van der Waals surface area (Å²) in [5, 5.41) is 0.298. The molecule has 1 aliphatic rings. The summed E-state index contributed by atoms with van der Waals surface area (Å²) in [6, 6.07) is 0. The number of unbranched alkanes of at least 4 members (excludes halogenated alkanes) is 1. The predicted molar refractivity (Wildman–Crippen MR) is 85.3 cm³/mol. The molecule has 0 aromatic heterocycles. The van der Waals surface area contributed by atoms with Gasteiger partial charge in [-0.25, -0.2) is 0 Å². The van der Waals surface area contributed by atoms with Crippen LogP contribution < -0.4 is 0 Å². The van der Waals surface area contributed by atoms with E-state index >= 15 is 0 Å². The standard InChI is InChI=1S/C16H32O3Si/c1-16(2,3)20(4,5)19-12-7-6-8-14-9-10-15(17)18-13-11-14/h14H,6-13H2,1-5H3/t14-/m0/s1. The number of esters is 1. The summed E-state index contributed by atoms with van der Waals surface area (Å²) in [5.74, 6) is 0.642. The number of cyclic esters (lactones) is 1. The fourth-order valence-corrected chi connectivity index (χ4v) is 3.33. The van der Waals surface area contributed by atoms with Crippen molar-refractivity contribution in [1.29, 1.82) is 0 Å². The average Bonchev–Trinajstić information content (AvgIpc) is 2.52. The van der Waals surface area contributed by atoms with E-state index in [0.717, 1.165) is 25.9 Å². The van der Waals surface area contributed by atoms with Crippen molar-refractivity contribution in [2.24, 2.45) is 5.92 Å². The number of ether oxygens (including phenoxy) is 1. The van der Waals surface area contributed by atoms with Crippen LogP contribution in [0.25, 0.3) is 0 Å². The minimum absolute atomic E-state index is 0.0197. The summed E-state index contributed by atoms with van der Waals surface area (Å²) in [7, 11) is -1.58. The van der Waals surface area contributed by atoms with Gasteiger partial charge in [0.15, 0.2) is 8.32 Å². The van der Waals surface area contributed by atoms with E-state index in [9.17, 15) is 4.79 Å². The highest BCUT2D eigenvalue weighted by Crippen LogP contribution is 2.36. The molecule has 0 amide bonds. The van der Waals surface area contributed by atoms with Gasteiger partial charge in [0.05, 0.1) is 6.61 Å². The Morgan fingerprint density at radius 2 is 1.95 bits per heavy atom. The molecule has 1 heterocycles. The molecule has 1 aliphatic heterocycles. The molecular weight excluding hydrogens is 268 g/mol. The number of hydrogen-bond donors (Lipinski definition) is 0. The van der Waals surface area contributed by atoms with Crippen LogP contribution >= 0.6 is 0 Å². The molecule has 0 saturated carbocycles. The lowest BCUT2D eigenvalue weighted by atomic mass is 9.94. The zero-order valence-electron chi connectivity index (χ0n) is 14.0. The molecule has 0 aromatic rings. The van der Waals surface area contributed by atoms with Crippen LogP contribution in [-0.2, 0) is 14.0 Å². The highest BCUT2D eigenvalue weighted by atomic mass is 28.4. The second kappa shape index (κ2) is 7.60. The van der Waals surface area contributed by atoms with Gasteiger partial charge in [0, 0.05) is 13.0 Å². The van der Waals surface area contributed by atoms with Gasteiger partial charge in [-0.05, 0) is 43.3 Å². The maximum atomic E-state index is 11.2. The van der Waals surface area contributed by atoms with E-state index < -0.39 is 8.32 Å². The lowest BCUT2D eigenvalue weighted by molar-refractivity contribution is -0.142. The Morgan fingerprint density at radius 1 is 1.25 bits per heavy atom. The van der Waals surface area contributed by atoms with Gasteiger partial charge in [-0.15, -0.1) is 0 Å². The number of carbonyl (C=O) groups excluding carboxylic acids is 1. The lowest BCUT2D eigenvalue weighted by Crippen LogP contribution is -2.40. The van der Waals surface area contributed by atoms with Crippen molar-refractivity contribution in [2.75, 3.05) is 13.2 Å². The molecular formula is C16H32O3Si. The van der Waals surface area contributed by atoms with Crippen LogP contribution in [0.3, 0.4) is 0 Å². The molecule has 0 spiro atoms. The summed E-state index contributed by atoms with van der Waals surface area (Å²) >= 11 is 0. The Labute approximate surface area is 125 Å². The van der Waals surface area contributed by atoms with Gasteiger partial charge in [-0.3, -0.25) is 4.79 Å². The topological polar surface area (TPSA) is 35.5 Å². The Hall–Kier alpha value is -0.353. The Kier molecular flexibility index (Phi) is 6.72. The highest BCUT2D eigenvalue weighted by molar-refractivity contribution is 6.74. The zero-order valence-corrected chi connectivity index (χ0v) is 15.0. The van der Waals surface area contributed by atoms with Crippen LogP contribution in [0.5, 0.6) is 0 Å². The highest BCUT2D eigenvalue weighted by Gasteiger charge is 2.36. The van der Waals surface area contributed by atoms with Crippen molar-refractivity contribution < 1.29 is 14.0 Å². The Balaban J connectivity index is 2.14. The summed E-state index contributed by atoms with van der Waals surface area (Å²) in [4.78, 5) is 11.2. The molecule has 1 saturated heterocycles. The largest absolute Gasteiger partial charge is 0.466 e. The summed E-state index contributed by atoms with van der Waals surface area (Å²) in [6.07, 6.45) is 6.19. The minimum Gasteiger partial charge on any atom is -0.466 e. The first kappa shape index (κ1) is 17.7. The maximum absolute atomic E-state index is 11.2. The summed E-state index contributed by atoms with van der Waals surface area (Å²) < 4.78 is 11.3. The van der Waals surface area contributed by atoms with E-state index in [1.165, 1.54) is 12.8 Å². The van der Waals surface area contributed by atoms with Gasteiger partial charge in [-0.2, -0.15) is 0 Å². The van der Waals surface area contributed by atoms with E-state index in [1.807, 2.05) is 0 Å². The molecule has 0 unspecified atom stereocenters. The molecule has 118 valence electrons. The smallest absolute Gasteiger partial charge is 0.305 e. The third kappa shape index (κ3) is 5.96. The van der Waals surface area contributed by atoms with Gasteiger partial charge < -0.3 is 9.16 Å². The van der Waals surface area contributed by atoms with E-state index in [-0.39, 0.29) is 5.97 Å². The molecule has 1 fully saturated rings. The number of carbonyl (C=O) groups is 1. The fourth-order valence-electron chi connectivity index (χ4n) is 2.25. The lowest BCUT2D eigenvalue weighted by Gasteiger charge is -2.36. The van der Waals surface area contributed by atoms with Gasteiger partial charge in [0.2, 0.25) is 0 Å². The zero-order chi connectivity index (χ0) is 15.2. The van der Waals surface area contributed by atoms with Crippen LogP contribution in [-0.4, -0.2) is 27.5 Å². The van der Waals surface area contributed by atoms with Gasteiger partial charge in [0.1, 0.15) is 0 Å². The average molecular weight is 301 g/mol. The SMILES string of the molecule is CC(C)(C)[Si](C)(C)OCCCC[C@@H]1CCOC(=O)CC1. The van der Waals surface area contributed by atoms with E-state index in [1.54, 1.807) is 0 Å². The van der Waals surface area contributed by atoms with Crippen molar-refractivity contribution in [1.82, 2.24) is 0 Å². The minimum atomic E-state index is -1.58. The monoisotopic (exact) mass is 300 g/mol. The maximum Gasteiger partial charge on any atom is 0.305 e. The van der Waals surface area contributed by atoms with Crippen molar-refractivity contribution in [2.45, 2.75) is 77.4 Å². The number of rotatable bonds is 6. The van der Waals surface area contributed by atoms with E-state index in [4.69, 9.17) is 9.16 Å². The van der Waals surface area contributed by atoms with Crippen LogP contribution in [0.2, 0.25) is 18.1 Å².